The highest BCUT2D eigenvalue weighted by Gasteiger charge is 2.02. The van der Waals surface area contributed by atoms with Crippen LogP contribution in [0, 0.1) is 0 Å². The first-order valence-electron chi connectivity index (χ1n) is 4.34. The van der Waals surface area contributed by atoms with Crippen LogP contribution in [0.4, 0.5) is 0 Å². The van der Waals surface area contributed by atoms with Crippen molar-refractivity contribution in [1.29, 1.82) is 0 Å². The zero-order valence-electron chi connectivity index (χ0n) is 7.91. The standard InChI is InChI=1S/C9H18O3/c1-11-9(12-2)7-5-3-4-6-8-10/h8-9H,3-7H2,1-2H3. The Morgan fingerprint density at radius 3 is 2.33 bits per heavy atom. The summed E-state index contributed by atoms with van der Waals surface area (Å²) in [7, 11) is 3.28. The molecule has 0 heterocycles. The molecule has 0 N–H and O–H groups in total. The predicted octanol–water partition coefficient (Wildman–Crippen LogP) is 1.75. The second-order valence-corrected chi connectivity index (χ2v) is 2.71. The second kappa shape index (κ2) is 8.68. The van der Waals surface area contributed by atoms with Gasteiger partial charge in [0.05, 0.1) is 0 Å². The fourth-order valence-electron chi connectivity index (χ4n) is 1.05. The van der Waals surface area contributed by atoms with Crippen molar-refractivity contribution in [1.82, 2.24) is 0 Å². The van der Waals surface area contributed by atoms with Crippen LogP contribution in [-0.2, 0) is 14.3 Å². The Kier molecular flexibility index (Phi) is 8.39. The number of carbonyl (C=O) groups excluding carboxylic acids is 1. The summed E-state index contributed by atoms with van der Waals surface area (Å²) in [6.07, 6.45) is 5.56. The van der Waals surface area contributed by atoms with Crippen LogP contribution in [0.15, 0.2) is 0 Å². The van der Waals surface area contributed by atoms with Crippen LogP contribution in [0.2, 0.25) is 0 Å². The Balaban J connectivity index is 3.11. The molecule has 3 heteroatoms. The van der Waals surface area contributed by atoms with E-state index >= 15 is 0 Å². The number of hydrogen-bond donors (Lipinski definition) is 0. The first kappa shape index (κ1) is 11.6. The summed E-state index contributed by atoms with van der Waals surface area (Å²) in [6.45, 7) is 0. The highest BCUT2D eigenvalue weighted by molar-refractivity contribution is 5.48. The van der Waals surface area contributed by atoms with E-state index in [1.54, 1.807) is 14.2 Å². The van der Waals surface area contributed by atoms with E-state index in [2.05, 4.69) is 0 Å². The van der Waals surface area contributed by atoms with Gasteiger partial charge in [-0.25, -0.2) is 0 Å². The van der Waals surface area contributed by atoms with Gasteiger partial charge in [-0.3, -0.25) is 0 Å². The molecule has 0 saturated carbocycles. The molecule has 72 valence electrons. The van der Waals surface area contributed by atoms with Gasteiger partial charge in [-0.15, -0.1) is 0 Å². The molecular weight excluding hydrogens is 156 g/mol. The summed E-state index contributed by atoms with van der Waals surface area (Å²) in [5, 5.41) is 0. The lowest BCUT2D eigenvalue weighted by molar-refractivity contribution is -0.108. The third-order valence-corrected chi connectivity index (χ3v) is 1.79. The van der Waals surface area contributed by atoms with Gasteiger partial charge in [0.1, 0.15) is 6.29 Å². The molecule has 0 aliphatic rings. The zero-order chi connectivity index (χ0) is 9.23. The SMILES string of the molecule is COC(CCCCCC=O)OC. The lowest BCUT2D eigenvalue weighted by Crippen LogP contribution is -2.12. The topological polar surface area (TPSA) is 35.5 Å². The van der Waals surface area contributed by atoms with E-state index in [9.17, 15) is 4.79 Å². The van der Waals surface area contributed by atoms with Gasteiger partial charge in [0.15, 0.2) is 6.29 Å². The maximum atomic E-state index is 9.96. The third kappa shape index (κ3) is 6.31. The number of methoxy groups -OCH3 is 2. The number of aldehydes is 1. The molecule has 0 aliphatic heterocycles. The predicted molar refractivity (Wildman–Crippen MR) is 47.0 cm³/mol. The van der Waals surface area contributed by atoms with Crippen molar-refractivity contribution >= 4 is 6.29 Å². The molecule has 12 heavy (non-hydrogen) atoms. The average molecular weight is 174 g/mol. The fourth-order valence-corrected chi connectivity index (χ4v) is 1.05. The van der Waals surface area contributed by atoms with Gasteiger partial charge in [0, 0.05) is 20.6 Å². The molecule has 0 unspecified atom stereocenters. The quantitative estimate of drug-likeness (QED) is 0.319. The van der Waals surface area contributed by atoms with E-state index in [4.69, 9.17) is 9.47 Å². The van der Waals surface area contributed by atoms with Crippen LogP contribution in [0.3, 0.4) is 0 Å². The summed E-state index contributed by atoms with van der Waals surface area (Å²) in [6, 6.07) is 0. The van der Waals surface area contributed by atoms with Gasteiger partial charge in [-0.05, 0) is 19.3 Å². The molecular formula is C9H18O3. The van der Waals surface area contributed by atoms with Gasteiger partial charge in [0.2, 0.25) is 0 Å². The van der Waals surface area contributed by atoms with Crippen molar-refractivity contribution in [3.05, 3.63) is 0 Å². The Morgan fingerprint density at radius 2 is 1.83 bits per heavy atom. The molecule has 0 bridgehead atoms. The molecule has 3 nitrogen and oxygen atoms in total. The molecule has 0 atom stereocenters. The Morgan fingerprint density at radius 1 is 1.17 bits per heavy atom. The van der Waals surface area contributed by atoms with Crippen molar-refractivity contribution in [3.8, 4) is 0 Å². The molecule has 0 amide bonds. The number of carbonyl (C=O) groups is 1. The third-order valence-electron chi connectivity index (χ3n) is 1.79. The van der Waals surface area contributed by atoms with Gasteiger partial charge < -0.3 is 14.3 Å². The Hall–Kier alpha value is -0.410. The van der Waals surface area contributed by atoms with Crippen molar-refractivity contribution in [2.75, 3.05) is 14.2 Å². The normalized spacial score (nSPS) is 10.6. The van der Waals surface area contributed by atoms with Gasteiger partial charge in [0.25, 0.3) is 0 Å². The van der Waals surface area contributed by atoms with Crippen molar-refractivity contribution in [2.24, 2.45) is 0 Å². The summed E-state index contributed by atoms with van der Waals surface area (Å²) in [5.41, 5.74) is 0. The molecule has 0 aliphatic carbocycles. The monoisotopic (exact) mass is 174 g/mol. The zero-order valence-corrected chi connectivity index (χ0v) is 7.91. The van der Waals surface area contributed by atoms with Gasteiger partial charge >= 0.3 is 0 Å². The minimum Gasteiger partial charge on any atom is -0.356 e. The Bertz CT molecular complexity index is 99.9. The summed E-state index contributed by atoms with van der Waals surface area (Å²) >= 11 is 0. The summed E-state index contributed by atoms with van der Waals surface area (Å²) < 4.78 is 10.0. The average Bonchev–Trinajstić information content (AvgIpc) is 2.11. The van der Waals surface area contributed by atoms with Gasteiger partial charge in [-0.1, -0.05) is 6.42 Å². The van der Waals surface area contributed by atoms with Crippen LogP contribution >= 0.6 is 0 Å². The van der Waals surface area contributed by atoms with E-state index in [0.29, 0.717) is 6.42 Å². The van der Waals surface area contributed by atoms with Crippen LogP contribution in [-0.4, -0.2) is 26.8 Å². The minimum atomic E-state index is -0.0822. The fraction of sp³-hybridized carbons (Fsp3) is 0.889. The maximum Gasteiger partial charge on any atom is 0.156 e. The van der Waals surface area contributed by atoms with Crippen LogP contribution in [0.5, 0.6) is 0 Å². The lowest BCUT2D eigenvalue weighted by Gasteiger charge is -2.12. The van der Waals surface area contributed by atoms with Crippen molar-refractivity contribution < 1.29 is 14.3 Å². The van der Waals surface area contributed by atoms with Crippen LogP contribution in [0.25, 0.3) is 0 Å². The smallest absolute Gasteiger partial charge is 0.156 e. The highest BCUT2D eigenvalue weighted by Crippen LogP contribution is 2.07. The van der Waals surface area contributed by atoms with E-state index in [-0.39, 0.29) is 6.29 Å². The molecule has 0 rings (SSSR count). The summed E-state index contributed by atoms with van der Waals surface area (Å²) in [5.74, 6) is 0. The first-order chi connectivity index (χ1) is 5.85. The molecule has 0 radical (unpaired) electrons. The number of unbranched alkanes of at least 4 members (excludes halogenated alkanes) is 3. The maximum absolute atomic E-state index is 9.96. The van der Waals surface area contributed by atoms with Gasteiger partial charge in [-0.2, -0.15) is 0 Å². The molecule has 0 fully saturated rings. The second-order valence-electron chi connectivity index (χ2n) is 2.71. The highest BCUT2D eigenvalue weighted by atomic mass is 16.7. The van der Waals surface area contributed by atoms with E-state index in [1.807, 2.05) is 0 Å². The van der Waals surface area contributed by atoms with Crippen molar-refractivity contribution in [3.63, 3.8) is 0 Å². The van der Waals surface area contributed by atoms with E-state index in [0.717, 1.165) is 32.0 Å². The number of rotatable bonds is 8. The Labute approximate surface area is 74.0 Å². The number of ether oxygens (including phenoxy) is 2. The molecule has 0 aromatic carbocycles. The molecule has 0 saturated heterocycles. The molecule has 0 aromatic rings. The first-order valence-corrected chi connectivity index (χ1v) is 4.34. The number of hydrogen-bond acceptors (Lipinski definition) is 3. The van der Waals surface area contributed by atoms with Crippen molar-refractivity contribution in [2.45, 2.75) is 38.4 Å². The van der Waals surface area contributed by atoms with E-state index < -0.39 is 0 Å². The summed E-state index contributed by atoms with van der Waals surface area (Å²) in [4.78, 5) is 9.96. The molecule has 0 spiro atoms. The molecule has 0 aromatic heterocycles. The van der Waals surface area contributed by atoms with Crippen LogP contribution in [0.1, 0.15) is 32.1 Å². The lowest BCUT2D eigenvalue weighted by atomic mass is 10.1. The minimum absolute atomic E-state index is 0.0822. The van der Waals surface area contributed by atoms with E-state index in [1.165, 1.54) is 0 Å². The largest absolute Gasteiger partial charge is 0.356 e. The van der Waals surface area contributed by atoms with Crippen LogP contribution < -0.4 is 0 Å².